The zero-order valence-electron chi connectivity index (χ0n) is 13.8. The molecule has 124 valence electrons. The van der Waals surface area contributed by atoms with Gasteiger partial charge in [0.05, 0.1) is 6.61 Å². The molecule has 0 saturated carbocycles. The largest absolute Gasteiger partial charge is 0.468 e. The molecule has 0 aliphatic heterocycles. The highest BCUT2D eigenvalue weighted by Gasteiger charge is 2.08. The Morgan fingerprint density at radius 3 is 2.48 bits per heavy atom. The summed E-state index contributed by atoms with van der Waals surface area (Å²) in [5.41, 5.74) is 9.77. The number of rotatable bonds is 9. The summed E-state index contributed by atoms with van der Waals surface area (Å²) in [5.74, 6) is 0.770. The molecular weight excluding hydrogens is 290 g/mol. The Bertz CT molecular complexity index is 583. The maximum absolute atomic E-state index is 6.33. The zero-order valence-corrected chi connectivity index (χ0v) is 13.8. The topological polar surface area (TPSA) is 53.7 Å². The van der Waals surface area contributed by atoms with E-state index in [4.69, 9.17) is 19.9 Å². The molecule has 2 rings (SSSR count). The molecule has 0 fully saturated rings. The summed E-state index contributed by atoms with van der Waals surface area (Å²) in [7, 11) is 1.60. The molecule has 0 aliphatic rings. The molecule has 4 heteroatoms. The van der Waals surface area contributed by atoms with E-state index in [0.29, 0.717) is 6.61 Å². The van der Waals surface area contributed by atoms with Gasteiger partial charge in [0.1, 0.15) is 5.75 Å². The lowest BCUT2D eigenvalue weighted by Crippen LogP contribution is -2.13. The quantitative estimate of drug-likeness (QED) is 0.720. The van der Waals surface area contributed by atoms with Crippen LogP contribution in [0.2, 0.25) is 0 Å². The SMILES string of the molecule is CCOCc1ccc(CC(N)c2cccc(OCOC)c2)cc1. The predicted octanol–water partition coefficient (Wildman–Crippen LogP) is 3.45. The van der Waals surface area contributed by atoms with Crippen molar-refractivity contribution in [3.8, 4) is 5.75 Å². The van der Waals surface area contributed by atoms with Gasteiger partial charge in [-0.1, -0.05) is 36.4 Å². The Balaban J connectivity index is 1.96. The number of hydrogen-bond donors (Lipinski definition) is 1. The molecule has 0 spiro atoms. The second-order valence-corrected chi connectivity index (χ2v) is 5.39. The molecule has 23 heavy (non-hydrogen) atoms. The molecule has 0 amide bonds. The molecule has 4 nitrogen and oxygen atoms in total. The monoisotopic (exact) mass is 315 g/mol. The lowest BCUT2D eigenvalue weighted by molar-refractivity contribution is 0.0510. The number of hydrogen-bond acceptors (Lipinski definition) is 4. The Morgan fingerprint density at radius 1 is 1.04 bits per heavy atom. The van der Waals surface area contributed by atoms with Gasteiger partial charge in [0.2, 0.25) is 0 Å². The maximum atomic E-state index is 6.33. The highest BCUT2D eigenvalue weighted by molar-refractivity contribution is 5.32. The van der Waals surface area contributed by atoms with Gasteiger partial charge >= 0.3 is 0 Å². The van der Waals surface area contributed by atoms with E-state index in [9.17, 15) is 0 Å². The van der Waals surface area contributed by atoms with Crippen LogP contribution in [0.15, 0.2) is 48.5 Å². The first-order chi connectivity index (χ1) is 11.2. The summed E-state index contributed by atoms with van der Waals surface area (Å²) in [6, 6.07) is 16.2. The van der Waals surface area contributed by atoms with Gasteiger partial charge in [-0.2, -0.15) is 0 Å². The van der Waals surface area contributed by atoms with Gasteiger partial charge in [-0.15, -0.1) is 0 Å². The molecule has 2 aromatic carbocycles. The highest BCUT2D eigenvalue weighted by Crippen LogP contribution is 2.21. The van der Waals surface area contributed by atoms with Gasteiger partial charge in [-0.3, -0.25) is 0 Å². The lowest BCUT2D eigenvalue weighted by Gasteiger charge is -2.14. The Hall–Kier alpha value is -1.88. The normalized spacial score (nSPS) is 12.1. The van der Waals surface area contributed by atoms with Crippen molar-refractivity contribution < 1.29 is 14.2 Å². The Kier molecular flexibility index (Phi) is 7.07. The van der Waals surface area contributed by atoms with Crippen molar-refractivity contribution in [1.82, 2.24) is 0 Å². The van der Waals surface area contributed by atoms with Crippen LogP contribution < -0.4 is 10.5 Å². The second-order valence-electron chi connectivity index (χ2n) is 5.39. The fourth-order valence-corrected chi connectivity index (χ4v) is 2.33. The van der Waals surface area contributed by atoms with E-state index in [1.165, 1.54) is 11.1 Å². The average molecular weight is 315 g/mol. The van der Waals surface area contributed by atoms with Crippen LogP contribution in [0.1, 0.15) is 29.7 Å². The van der Waals surface area contributed by atoms with E-state index in [1.54, 1.807) is 7.11 Å². The van der Waals surface area contributed by atoms with Crippen molar-refractivity contribution in [3.05, 3.63) is 65.2 Å². The third kappa shape index (κ3) is 5.67. The van der Waals surface area contributed by atoms with E-state index in [0.717, 1.165) is 24.3 Å². The molecule has 0 aliphatic carbocycles. The van der Waals surface area contributed by atoms with Crippen LogP contribution in [0.5, 0.6) is 5.75 Å². The summed E-state index contributed by atoms with van der Waals surface area (Å²) < 4.78 is 15.8. The molecule has 1 unspecified atom stereocenters. The Morgan fingerprint density at radius 2 is 1.78 bits per heavy atom. The number of ether oxygens (including phenoxy) is 3. The van der Waals surface area contributed by atoms with Gasteiger partial charge in [0, 0.05) is 19.8 Å². The van der Waals surface area contributed by atoms with Crippen molar-refractivity contribution in [2.75, 3.05) is 20.5 Å². The minimum absolute atomic E-state index is 0.0705. The van der Waals surface area contributed by atoms with E-state index in [1.807, 2.05) is 31.2 Å². The molecular formula is C19H25NO3. The van der Waals surface area contributed by atoms with Gasteiger partial charge in [-0.05, 0) is 42.2 Å². The van der Waals surface area contributed by atoms with E-state index in [-0.39, 0.29) is 12.8 Å². The molecule has 0 saturated heterocycles. The highest BCUT2D eigenvalue weighted by atomic mass is 16.7. The molecule has 0 heterocycles. The lowest BCUT2D eigenvalue weighted by atomic mass is 9.99. The first-order valence-electron chi connectivity index (χ1n) is 7.85. The van der Waals surface area contributed by atoms with Crippen LogP contribution in [-0.4, -0.2) is 20.5 Å². The Labute approximate surface area is 138 Å². The summed E-state index contributed by atoms with van der Waals surface area (Å²) in [6.07, 6.45) is 0.780. The van der Waals surface area contributed by atoms with Crippen molar-refractivity contribution in [3.63, 3.8) is 0 Å². The third-order valence-corrected chi connectivity index (χ3v) is 3.58. The third-order valence-electron chi connectivity index (χ3n) is 3.58. The predicted molar refractivity (Wildman–Crippen MR) is 91.4 cm³/mol. The molecule has 2 N–H and O–H groups in total. The van der Waals surface area contributed by atoms with Crippen molar-refractivity contribution >= 4 is 0 Å². The van der Waals surface area contributed by atoms with Gasteiger partial charge in [0.25, 0.3) is 0 Å². The molecule has 1 atom stereocenters. The van der Waals surface area contributed by atoms with Crippen molar-refractivity contribution in [2.24, 2.45) is 5.73 Å². The fourth-order valence-electron chi connectivity index (χ4n) is 2.33. The molecule has 2 aromatic rings. The first-order valence-corrected chi connectivity index (χ1v) is 7.85. The van der Waals surface area contributed by atoms with Crippen LogP contribution in [0.3, 0.4) is 0 Å². The summed E-state index contributed by atoms with van der Waals surface area (Å²) >= 11 is 0. The van der Waals surface area contributed by atoms with Crippen molar-refractivity contribution in [1.29, 1.82) is 0 Å². The van der Waals surface area contributed by atoms with Crippen molar-refractivity contribution in [2.45, 2.75) is 26.0 Å². The smallest absolute Gasteiger partial charge is 0.188 e. The van der Waals surface area contributed by atoms with E-state index < -0.39 is 0 Å². The fraction of sp³-hybridized carbons (Fsp3) is 0.368. The van der Waals surface area contributed by atoms with Gasteiger partial charge < -0.3 is 19.9 Å². The molecule has 0 aromatic heterocycles. The standard InChI is InChI=1S/C19H25NO3/c1-3-22-13-16-9-7-15(8-10-16)11-19(20)17-5-4-6-18(12-17)23-14-21-2/h4-10,12,19H,3,11,13-14,20H2,1-2H3. The van der Waals surface area contributed by atoms with Crippen LogP contribution in [0.25, 0.3) is 0 Å². The van der Waals surface area contributed by atoms with Crippen LogP contribution >= 0.6 is 0 Å². The zero-order chi connectivity index (χ0) is 16.5. The van der Waals surface area contributed by atoms with E-state index in [2.05, 4.69) is 24.3 Å². The summed E-state index contributed by atoms with van der Waals surface area (Å²) in [4.78, 5) is 0. The van der Waals surface area contributed by atoms with Gasteiger partial charge in [0.15, 0.2) is 6.79 Å². The molecule has 0 radical (unpaired) electrons. The van der Waals surface area contributed by atoms with Crippen LogP contribution in [0, 0.1) is 0 Å². The summed E-state index contributed by atoms with van der Waals surface area (Å²) in [5, 5.41) is 0. The minimum Gasteiger partial charge on any atom is -0.468 e. The maximum Gasteiger partial charge on any atom is 0.188 e. The number of benzene rings is 2. The van der Waals surface area contributed by atoms with Crippen LogP contribution in [-0.2, 0) is 22.5 Å². The van der Waals surface area contributed by atoms with E-state index >= 15 is 0 Å². The second kappa shape index (κ2) is 9.30. The van der Waals surface area contributed by atoms with Crippen LogP contribution in [0.4, 0.5) is 0 Å². The average Bonchev–Trinajstić information content (AvgIpc) is 2.59. The minimum atomic E-state index is -0.0705. The number of methoxy groups -OCH3 is 1. The number of nitrogens with two attached hydrogens (primary N) is 1. The first kappa shape index (κ1) is 17.5. The summed E-state index contributed by atoms with van der Waals surface area (Å²) in [6.45, 7) is 3.62. The molecule has 0 bridgehead atoms. The van der Waals surface area contributed by atoms with Gasteiger partial charge in [-0.25, -0.2) is 0 Å².